The molecule has 0 unspecified atom stereocenters. The highest BCUT2D eigenvalue weighted by molar-refractivity contribution is 14.1. The number of carbonyl (C=O) groups is 1. The van der Waals surface area contributed by atoms with Gasteiger partial charge in [-0.05, 0) is 68.3 Å². The second kappa shape index (κ2) is 7.72. The average Bonchev–Trinajstić information content (AvgIpc) is 2.59. The highest BCUT2D eigenvalue weighted by Crippen LogP contribution is 2.26. The number of aromatic nitrogens is 2. The summed E-state index contributed by atoms with van der Waals surface area (Å²) in [6, 6.07) is 5.46. The molecule has 1 aliphatic rings. The Hall–Kier alpha value is -0.640. The van der Waals surface area contributed by atoms with E-state index in [0.717, 1.165) is 13.9 Å². The van der Waals surface area contributed by atoms with Crippen LogP contribution in [0.15, 0.2) is 28.9 Å². The summed E-state index contributed by atoms with van der Waals surface area (Å²) < 4.78 is 1.77. The molecule has 0 radical (unpaired) electrons. The van der Waals surface area contributed by atoms with Crippen LogP contribution in [0.5, 0.6) is 0 Å². The number of hydrogen-bond donors (Lipinski definition) is 0. The van der Waals surface area contributed by atoms with E-state index in [0.29, 0.717) is 36.8 Å². The van der Waals surface area contributed by atoms with E-state index in [-0.39, 0.29) is 11.2 Å². The molecule has 0 bridgehead atoms. The summed E-state index contributed by atoms with van der Waals surface area (Å²) in [6.07, 6.45) is 1.63. The van der Waals surface area contributed by atoms with Crippen LogP contribution in [0.25, 0.3) is 0 Å². The molecular weight excluding hydrogens is 530 g/mol. The summed E-state index contributed by atoms with van der Waals surface area (Å²) in [6.45, 7) is 2.52. The summed E-state index contributed by atoms with van der Waals surface area (Å²) in [5.41, 5.74) is 0.545. The fraction of sp³-hybridized carbons (Fsp3) is 0.267. The molecular formula is C15H12BrCl2IN4O. The normalized spacial score (nSPS) is 14.8. The average molecular weight is 542 g/mol. The standard InChI is InChI=1S/C15H12BrCl2IN4O/c16-11-8-20-15(18)21-13(11)22-3-5-23(6-4-22)14(24)10-7-9(19)1-2-12(10)17/h1-2,7-8H,3-6H2. The van der Waals surface area contributed by atoms with Crippen molar-refractivity contribution in [1.82, 2.24) is 14.9 Å². The summed E-state index contributed by atoms with van der Waals surface area (Å²) in [7, 11) is 0. The Morgan fingerprint density at radius 2 is 1.92 bits per heavy atom. The molecule has 0 saturated carbocycles. The van der Waals surface area contributed by atoms with Gasteiger partial charge in [0.05, 0.1) is 15.1 Å². The molecule has 2 aromatic rings. The molecule has 1 aromatic heterocycles. The monoisotopic (exact) mass is 540 g/mol. The number of carbonyl (C=O) groups excluding carboxylic acids is 1. The Bertz CT molecular complexity index is 784. The van der Waals surface area contributed by atoms with Crippen molar-refractivity contribution in [3.8, 4) is 0 Å². The lowest BCUT2D eigenvalue weighted by Gasteiger charge is -2.35. The fourth-order valence-corrected chi connectivity index (χ4v) is 3.77. The maximum Gasteiger partial charge on any atom is 0.255 e. The van der Waals surface area contributed by atoms with Crippen molar-refractivity contribution in [2.24, 2.45) is 0 Å². The van der Waals surface area contributed by atoms with Gasteiger partial charge in [-0.15, -0.1) is 0 Å². The lowest BCUT2D eigenvalue weighted by molar-refractivity contribution is 0.0746. The van der Waals surface area contributed by atoms with Crippen molar-refractivity contribution < 1.29 is 4.79 Å². The van der Waals surface area contributed by atoms with Gasteiger partial charge in [-0.2, -0.15) is 4.98 Å². The van der Waals surface area contributed by atoms with E-state index < -0.39 is 0 Å². The molecule has 0 aliphatic carbocycles. The minimum atomic E-state index is -0.0436. The quantitative estimate of drug-likeness (QED) is 0.424. The van der Waals surface area contributed by atoms with Gasteiger partial charge in [0, 0.05) is 35.9 Å². The van der Waals surface area contributed by atoms with E-state index in [4.69, 9.17) is 23.2 Å². The van der Waals surface area contributed by atoms with E-state index >= 15 is 0 Å². The van der Waals surface area contributed by atoms with Crippen LogP contribution in [0.3, 0.4) is 0 Å². The zero-order valence-corrected chi connectivity index (χ0v) is 17.6. The predicted molar refractivity (Wildman–Crippen MR) is 107 cm³/mol. The van der Waals surface area contributed by atoms with E-state index in [9.17, 15) is 4.79 Å². The second-order valence-electron chi connectivity index (χ2n) is 5.21. The van der Waals surface area contributed by atoms with Crippen molar-refractivity contribution >= 4 is 73.4 Å². The maximum absolute atomic E-state index is 12.7. The zero-order valence-electron chi connectivity index (χ0n) is 12.3. The minimum absolute atomic E-state index is 0.0436. The summed E-state index contributed by atoms with van der Waals surface area (Å²) in [5, 5.41) is 0.686. The molecule has 0 N–H and O–H groups in total. The van der Waals surface area contributed by atoms with E-state index in [1.54, 1.807) is 12.3 Å². The van der Waals surface area contributed by atoms with Gasteiger partial charge < -0.3 is 9.80 Å². The molecule has 1 aromatic carbocycles. The first-order chi connectivity index (χ1) is 11.5. The Kier molecular flexibility index (Phi) is 5.84. The van der Waals surface area contributed by atoms with Crippen LogP contribution in [-0.2, 0) is 0 Å². The molecule has 0 spiro atoms. The number of benzene rings is 1. The molecule has 1 saturated heterocycles. The molecule has 3 rings (SSSR count). The molecule has 0 atom stereocenters. The van der Waals surface area contributed by atoms with Crippen molar-refractivity contribution in [1.29, 1.82) is 0 Å². The molecule has 1 aliphatic heterocycles. The summed E-state index contributed by atoms with van der Waals surface area (Å²) in [5.74, 6) is 0.701. The molecule has 5 nitrogen and oxygen atoms in total. The predicted octanol–water partition coefficient (Wildman–Crippen LogP) is 4.11. The van der Waals surface area contributed by atoms with Crippen molar-refractivity contribution in [2.45, 2.75) is 0 Å². The van der Waals surface area contributed by atoms with E-state index in [1.165, 1.54) is 0 Å². The van der Waals surface area contributed by atoms with Gasteiger partial charge in [0.25, 0.3) is 5.91 Å². The number of amides is 1. The number of nitrogens with zero attached hydrogens (tertiary/aromatic N) is 4. The molecule has 1 amide bonds. The van der Waals surface area contributed by atoms with Gasteiger partial charge in [0.1, 0.15) is 5.82 Å². The number of anilines is 1. The van der Waals surface area contributed by atoms with Crippen LogP contribution >= 0.6 is 61.7 Å². The smallest absolute Gasteiger partial charge is 0.255 e. The minimum Gasteiger partial charge on any atom is -0.352 e. The zero-order chi connectivity index (χ0) is 17.3. The van der Waals surface area contributed by atoms with E-state index in [1.807, 2.05) is 17.0 Å². The van der Waals surface area contributed by atoms with Gasteiger partial charge in [-0.1, -0.05) is 11.6 Å². The van der Waals surface area contributed by atoms with Crippen molar-refractivity contribution in [3.63, 3.8) is 0 Å². The van der Waals surface area contributed by atoms with Gasteiger partial charge in [0.2, 0.25) is 5.28 Å². The van der Waals surface area contributed by atoms with Crippen LogP contribution in [0.2, 0.25) is 10.3 Å². The van der Waals surface area contributed by atoms with Crippen LogP contribution in [0.1, 0.15) is 10.4 Å². The van der Waals surface area contributed by atoms with Gasteiger partial charge >= 0.3 is 0 Å². The topological polar surface area (TPSA) is 49.3 Å². The molecule has 1 fully saturated rings. The lowest BCUT2D eigenvalue weighted by Crippen LogP contribution is -2.49. The second-order valence-corrected chi connectivity index (χ2v) is 8.06. The third-order valence-electron chi connectivity index (χ3n) is 3.72. The Morgan fingerprint density at radius 3 is 2.62 bits per heavy atom. The number of hydrogen-bond acceptors (Lipinski definition) is 4. The van der Waals surface area contributed by atoms with Crippen LogP contribution in [-0.4, -0.2) is 47.0 Å². The van der Waals surface area contributed by atoms with Crippen molar-refractivity contribution in [3.05, 3.63) is 48.3 Å². The lowest BCUT2D eigenvalue weighted by atomic mass is 10.2. The maximum atomic E-state index is 12.7. The highest BCUT2D eigenvalue weighted by Gasteiger charge is 2.25. The SMILES string of the molecule is O=C(c1cc(I)ccc1Cl)N1CCN(c2nc(Cl)ncc2Br)CC1. The Labute approximate surface area is 171 Å². The number of rotatable bonds is 2. The number of piperazine rings is 1. The first-order valence-corrected chi connectivity index (χ1v) is 9.76. The fourth-order valence-electron chi connectivity index (χ4n) is 2.51. The first-order valence-electron chi connectivity index (χ1n) is 7.13. The van der Waals surface area contributed by atoms with Gasteiger partial charge in [0.15, 0.2) is 0 Å². The molecule has 126 valence electrons. The molecule has 24 heavy (non-hydrogen) atoms. The molecule has 2 heterocycles. The van der Waals surface area contributed by atoms with Gasteiger partial charge in [-0.25, -0.2) is 4.98 Å². The van der Waals surface area contributed by atoms with Gasteiger partial charge in [-0.3, -0.25) is 4.79 Å². The largest absolute Gasteiger partial charge is 0.352 e. The highest BCUT2D eigenvalue weighted by atomic mass is 127. The van der Waals surface area contributed by atoms with Crippen LogP contribution in [0, 0.1) is 3.57 Å². The van der Waals surface area contributed by atoms with E-state index in [2.05, 4.69) is 53.4 Å². The summed E-state index contributed by atoms with van der Waals surface area (Å²) in [4.78, 5) is 24.8. The third-order valence-corrected chi connectivity index (χ3v) is 5.46. The first kappa shape index (κ1) is 18.2. The van der Waals surface area contributed by atoms with Crippen LogP contribution < -0.4 is 4.90 Å². The Morgan fingerprint density at radius 1 is 1.21 bits per heavy atom. The molecule has 9 heteroatoms. The Balaban J connectivity index is 1.72. The van der Waals surface area contributed by atoms with Crippen molar-refractivity contribution in [2.75, 3.05) is 31.1 Å². The number of halogens is 4. The summed E-state index contributed by atoms with van der Waals surface area (Å²) >= 11 is 17.7. The third kappa shape index (κ3) is 3.95. The van der Waals surface area contributed by atoms with Crippen LogP contribution in [0.4, 0.5) is 5.82 Å².